The molecule has 1 heterocycles. The molecule has 0 aliphatic heterocycles. The number of para-hydroxylation sites is 1. The molecule has 5 nitrogen and oxygen atoms in total. The molecule has 0 fully saturated rings. The lowest BCUT2D eigenvalue weighted by Crippen LogP contribution is -2.15. The van der Waals surface area contributed by atoms with E-state index >= 15 is 0 Å². The fourth-order valence-electron chi connectivity index (χ4n) is 3.42. The third kappa shape index (κ3) is 6.09. The molecule has 7 heteroatoms. The highest BCUT2D eigenvalue weighted by atomic mass is 35.5. The van der Waals surface area contributed by atoms with Gasteiger partial charge in [0.15, 0.2) is 5.78 Å². The standard InChI is InChI=1S/C25H24Cl2N2O3/c1-16-12-24(27)29-14-20(16)19-13-18(10-11-21(19)26)23(30)15-28-22-8-4-3-6-17(22)7-5-9-25(31)32-2/h3-4,6,8,10-14,28H,5,7,9,15H2,1-2H3. The van der Waals surface area contributed by atoms with Crippen molar-refractivity contribution in [3.8, 4) is 11.1 Å². The molecule has 0 saturated heterocycles. The summed E-state index contributed by atoms with van der Waals surface area (Å²) in [5, 5.41) is 4.17. The van der Waals surface area contributed by atoms with Gasteiger partial charge in [-0.3, -0.25) is 9.59 Å². The molecular formula is C25H24Cl2N2O3. The van der Waals surface area contributed by atoms with Crippen molar-refractivity contribution in [2.75, 3.05) is 19.0 Å². The first kappa shape index (κ1) is 23.8. The molecule has 0 aliphatic carbocycles. The van der Waals surface area contributed by atoms with Gasteiger partial charge in [-0.05, 0) is 61.2 Å². The average Bonchev–Trinajstić information content (AvgIpc) is 2.78. The Morgan fingerprint density at radius 3 is 2.59 bits per heavy atom. The van der Waals surface area contributed by atoms with E-state index in [-0.39, 0.29) is 18.3 Å². The molecule has 2 aromatic carbocycles. The first-order valence-electron chi connectivity index (χ1n) is 10.2. The third-order valence-corrected chi connectivity index (χ3v) is 5.70. The van der Waals surface area contributed by atoms with Crippen LogP contribution in [-0.4, -0.2) is 30.4 Å². The summed E-state index contributed by atoms with van der Waals surface area (Å²) in [5.74, 6) is -0.290. The normalized spacial score (nSPS) is 10.6. The Labute approximate surface area is 197 Å². The molecule has 1 N–H and O–H groups in total. The van der Waals surface area contributed by atoms with Crippen molar-refractivity contribution in [3.63, 3.8) is 0 Å². The van der Waals surface area contributed by atoms with Crippen LogP contribution in [0.3, 0.4) is 0 Å². The number of ketones is 1. The molecule has 0 amide bonds. The number of nitrogens with one attached hydrogen (secondary N) is 1. The molecule has 32 heavy (non-hydrogen) atoms. The predicted octanol–water partition coefficient (Wildman–Crippen LogP) is 6.15. The summed E-state index contributed by atoms with van der Waals surface area (Å²) in [6.07, 6.45) is 3.40. The SMILES string of the molecule is COC(=O)CCCc1ccccc1NCC(=O)c1ccc(Cl)c(-c2cnc(Cl)cc2C)c1. The second-order valence-corrected chi connectivity index (χ2v) is 8.17. The number of benzene rings is 2. The van der Waals surface area contributed by atoms with Crippen molar-refractivity contribution in [1.29, 1.82) is 0 Å². The second kappa shape index (κ2) is 11.1. The molecule has 0 bridgehead atoms. The minimum absolute atomic E-state index is 0.0631. The van der Waals surface area contributed by atoms with Gasteiger partial charge in [0.05, 0.1) is 13.7 Å². The van der Waals surface area contributed by atoms with Gasteiger partial charge in [-0.15, -0.1) is 0 Å². The van der Waals surface area contributed by atoms with E-state index in [9.17, 15) is 9.59 Å². The predicted molar refractivity (Wildman–Crippen MR) is 129 cm³/mol. The van der Waals surface area contributed by atoms with Crippen molar-refractivity contribution in [3.05, 3.63) is 81.6 Å². The average molecular weight is 471 g/mol. The number of esters is 1. The first-order chi connectivity index (χ1) is 15.4. The van der Waals surface area contributed by atoms with Crippen LogP contribution < -0.4 is 5.32 Å². The fourth-order valence-corrected chi connectivity index (χ4v) is 3.85. The van der Waals surface area contributed by atoms with Gasteiger partial charge in [0, 0.05) is 40.0 Å². The van der Waals surface area contributed by atoms with E-state index in [0.717, 1.165) is 27.9 Å². The van der Waals surface area contributed by atoms with Gasteiger partial charge in [-0.25, -0.2) is 4.98 Å². The summed E-state index contributed by atoms with van der Waals surface area (Å²) in [6.45, 7) is 2.05. The van der Waals surface area contributed by atoms with Crippen molar-refractivity contribution >= 4 is 40.6 Å². The number of ether oxygens (including phenoxy) is 1. The molecule has 3 aromatic rings. The topological polar surface area (TPSA) is 68.3 Å². The van der Waals surface area contributed by atoms with E-state index < -0.39 is 0 Å². The molecule has 0 spiro atoms. The number of aryl methyl sites for hydroxylation is 2. The largest absolute Gasteiger partial charge is 0.469 e. The van der Waals surface area contributed by atoms with Gasteiger partial charge in [0.1, 0.15) is 5.15 Å². The van der Waals surface area contributed by atoms with Gasteiger partial charge >= 0.3 is 5.97 Å². The number of rotatable bonds is 9. The zero-order chi connectivity index (χ0) is 23.1. The maximum atomic E-state index is 12.9. The summed E-state index contributed by atoms with van der Waals surface area (Å²) < 4.78 is 4.69. The summed E-state index contributed by atoms with van der Waals surface area (Å²) in [4.78, 5) is 28.4. The highest BCUT2D eigenvalue weighted by Gasteiger charge is 2.13. The number of halogens is 2. The Balaban J connectivity index is 1.72. The Hall–Kier alpha value is -2.89. The van der Waals surface area contributed by atoms with Crippen molar-refractivity contribution < 1.29 is 14.3 Å². The van der Waals surface area contributed by atoms with E-state index in [2.05, 4.69) is 10.3 Å². The first-order valence-corrected chi connectivity index (χ1v) is 11.0. The van der Waals surface area contributed by atoms with Crippen LogP contribution in [0.15, 0.2) is 54.7 Å². The lowest BCUT2D eigenvalue weighted by atomic mass is 9.99. The summed E-state index contributed by atoms with van der Waals surface area (Å²) in [5.41, 5.74) is 4.96. The second-order valence-electron chi connectivity index (χ2n) is 7.38. The number of anilines is 1. The van der Waals surface area contributed by atoms with Crippen LogP contribution in [0.1, 0.15) is 34.3 Å². The van der Waals surface area contributed by atoms with Crippen molar-refractivity contribution in [1.82, 2.24) is 4.98 Å². The van der Waals surface area contributed by atoms with Gasteiger partial charge in [-0.2, -0.15) is 0 Å². The lowest BCUT2D eigenvalue weighted by molar-refractivity contribution is -0.140. The highest BCUT2D eigenvalue weighted by Crippen LogP contribution is 2.32. The van der Waals surface area contributed by atoms with Gasteiger partial charge < -0.3 is 10.1 Å². The number of hydrogen-bond donors (Lipinski definition) is 1. The zero-order valence-electron chi connectivity index (χ0n) is 18.0. The molecule has 1 aromatic heterocycles. The number of Topliss-reactive ketones (excluding diaryl/α,β-unsaturated/α-hetero) is 1. The number of pyridine rings is 1. The minimum Gasteiger partial charge on any atom is -0.469 e. The summed E-state index contributed by atoms with van der Waals surface area (Å²) >= 11 is 12.4. The van der Waals surface area contributed by atoms with Crippen LogP contribution in [-0.2, 0) is 16.0 Å². The van der Waals surface area contributed by atoms with E-state index in [0.29, 0.717) is 35.0 Å². The van der Waals surface area contributed by atoms with Gasteiger partial charge in [-0.1, -0.05) is 41.4 Å². The lowest BCUT2D eigenvalue weighted by Gasteiger charge is -2.13. The smallest absolute Gasteiger partial charge is 0.305 e. The molecule has 0 saturated carbocycles. The quantitative estimate of drug-likeness (QED) is 0.230. The number of carbonyl (C=O) groups is 2. The number of carbonyl (C=O) groups excluding carboxylic acids is 2. The number of nitrogens with zero attached hydrogens (tertiary/aromatic N) is 1. The molecule has 0 aliphatic rings. The van der Waals surface area contributed by atoms with Crippen LogP contribution in [0.2, 0.25) is 10.2 Å². The van der Waals surface area contributed by atoms with Gasteiger partial charge in [0.25, 0.3) is 0 Å². The molecular weight excluding hydrogens is 447 g/mol. The van der Waals surface area contributed by atoms with E-state index in [1.165, 1.54) is 7.11 Å². The van der Waals surface area contributed by atoms with E-state index in [1.54, 1.807) is 30.5 Å². The Kier molecular flexibility index (Phi) is 8.26. The number of aromatic nitrogens is 1. The molecule has 3 rings (SSSR count). The summed E-state index contributed by atoms with van der Waals surface area (Å²) in [7, 11) is 1.39. The molecule has 166 valence electrons. The highest BCUT2D eigenvalue weighted by molar-refractivity contribution is 6.33. The van der Waals surface area contributed by atoms with Crippen LogP contribution >= 0.6 is 23.2 Å². The molecule has 0 radical (unpaired) electrons. The van der Waals surface area contributed by atoms with Crippen molar-refractivity contribution in [2.24, 2.45) is 0 Å². The monoisotopic (exact) mass is 470 g/mol. The number of hydrogen-bond acceptors (Lipinski definition) is 5. The molecule has 0 unspecified atom stereocenters. The van der Waals surface area contributed by atoms with E-state index in [1.807, 2.05) is 31.2 Å². The Bertz CT molecular complexity index is 1130. The Morgan fingerprint density at radius 2 is 1.84 bits per heavy atom. The maximum Gasteiger partial charge on any atom is 0.305 e. The van der Waals surface area contributed by atoms with Crippen molar-refractivity contribution in [2.45, 2.75) is 26.2 Å². The maximum absolute atomic E-state index is 12.9. The number of methoxy groups -OCH3 is 1. The Morgan fingerprint density at radius 1 is 1.06 bits per heavy atom. The third-order valence-electron chi connectivity index (χ3n) is 5.17. The van der Waals surface area contributed by atoms with Crippen LogP contribution in [0.4, 0.5) is 5.69 Å². The molecule has 0 atom stereocenters. The van der Waals surface area contributed by atoms with Crippen LogP contribution in [0.25, 0.3) is 11.1 Å². The minimum atomic E-state index is -0.227. The summed E-state index contributed by atoms with van der Waals surface area (Å²) in [6, 6.07) is 14.8. The van der Waals surface area contributed by atoms with Gasteiger partial charge in [0.2, 0.25) is 0 Å². The van der Waals surface area contributed by atoms with Crippen LogP contribution in [0, 0.1) is 6.92 Å². The fraction of sp³-hybridized carbons (Fsp3) is 0.240. The van der Waals surface area contributed by atoms with E-state index in [4.69, 9.17) is 27.9 Å². The zero-order valence-corrected chi connectivity index (χ0v) is 19.5. The van der Waals surface area contributed by atoms with Crippen LogP contribution in [0.5, 0.6) is 0 Å².